The molecule has 1 aromatic carbocycles. The van der Waals surface area contributed by atoms with E-state index in [0.717, 1.165) is 0 Å². The van der Waals surface area contributed by atoms with Crippen LogP contribution in [0.1, 0.15) is 23.2 Å². The number of hydrogen-bond donors (Lipinski definition) is 6. The number of carboxylic acid groups (broad SMARTS) is 1. The van der Waals surface area contributed by atoms with Crippen LogP contribution < -0.4 is 11.5 Å². The molecular formula is C21H32N2O6. The Morgan fingerprint density at radius 1 is 0.931 bits per heavy atom. The molecule has 0 spiro atoms. The second-order valence-electron chi connectivity index (χ2n) is 6.53. The molecule has 0 aromatic heterocycles. The lowest BCUT2D eigenvalue weighted by Crippen LogP contribution is -2.56. The first-order valence-electron chi connectivity index (χ1n) is 8.90. The molecule has 8 N–H and O–H groups in total. The van der Waals surface area contributed by atoms with E-state index in [4.69, 9.17) is 21.3 Å². The largest absolute Gasteiger partial charge is 0.478 e. The SMILES string of the molecule is C=CCOC(CC=C)(CC=C)C(CO)(CO)CO.Nc1cc(N)cc(C(=O)O)c1. The number of benzene rings is 1. The molecule has 0 radical (unpaired) electrons. The molecule has 0 heterocycles. The predicted molar refractivity (Wildman–Crippen MR) is 114 cm³/mol. The van der Waals surface area contributed by atoms with Gasteiger partial charge in [0.05, 0.1) is 43.0 Å². The van der Waals surface area contributed by atoms with Crippen LogP contribution in [0.2, 0.25) is 0 Å². The number of anilines is 2. The molecule has 29 heavy (non-hydrogen) atoms. The van der Waals surface area contributed by atoms with Gasteiger partial charge in [0, 0.05) is 11.4 Å². The maximum Gasteiger partial charge on any atom is 0.335 e. The van der Waals surface area contributed by atoms with Crippen molar-refractivity contribution in [3.63, 3.8) is 0 Å². The van der Waals surface area contributed by atoms with Crippen LogP contribution in [0.15, 0.2) is 56.2 Å². The average molecular weight is 408 g/mol. The highest BCUT2D eigenvalue weighted by molar-refractivity contribution is 5.90. The fraction of sp³-hybridized carbons (Fsp3) is 0.381. The van der Waals surface area contributed by atoms with Crippen LogP contribution in [0.25, 0.3) is 0 Å². The molecule has 0 atom stereocenters. The molecule has 0 bridgehead atoms. The fourth-order valence-corrected chi connectivity index (χ4v) is 2.85. The van der Waals surface area contributed by atoms with Crippen LogP contribution in [0.3, 0.4) is 0 Å². The quantitative estimate of drug-likeness (QED) is 0.225. The minimum Gasteiger partial charge on any atom is -0.478 e. The van der Waals surface area contributed by atoms with E-state index in [2.05, 4.69) is 19.7 Å². The molecule has 1 aromatic rings. The number of aliphatic hydroxyl groups excluding tert-OH is 3. The van der Waals surface area contributed by atoms with Gasteiger partial charge in [0.15, 0.2) is 0 Å². The smallest absolute Gasteiger partial charge is 0.335 e. The summed E-state index contributed by atoms with van der Waals surface area (Å²) in [6.07, 6.45) is 5.63. The van der Waals surface area contributed by atoms with E-state index < -0.39 is 36.8 Å². The molecule has 0 amide bonds. The van der Waals surface area contributed by atoms with Crippen LogP contribution >= 0.6 is 0 Å². The summed E-state index contributed by atoms with van der Waals surface area (Å²) in [5.74, 6) is -1.02. The van der Waals surface area contributed by atoms with Crippen LogP contribution in [-0.4, -0.2) is 58.4 Å². The number of ether oxygens (including phenoxy) is 1. The van der Waals surface area contributed by atoms with Gasteiger partial charge in [0.25, 0.3) is 0 Å². The van der Waals surface area contributed by atoms with Gasteiger partial charge in [-0.05, 0) is 31.0 Å². The third-order valence-corrected chi connectivity index (χ3v) is 4.52. The highest BCUT2D eigenvalue weighted by atomic mass is 16.5. The normalized spacial score (nSPS) is 11.1. The lowest BCUT2D eigenvalue weighted by atomic mass is 9.69. The first-order valence-corrected chi connectivity index (χ1v) is 8.90. The van der Waals surface area contributed by atoms with Gasteiger partial charge in [0.1, 0.15) is 0 Å². The number of aromatic carboxylic acids is 1. The molecule has 8 nitrogen and oxygen atoms in total. The third-order valence-electron chi connectivity index (χ3n) is 4.52. The summed E-state index contributed by atoms with van der Waals surface area (Å²) < 4.78 is 5.76. The highest BCUT2D eigenvalue weighted by Gasteiger charge is 2.50. The van der Waals surface area contributed by atoms with Gasteiger partial charge in [-0.25, -0.2) is 4.79 Å². The van der Waals surface area contributed by atoms with Gasteiger partial charge in [0.2, 0.25) is 0 Å². The molecule has 0 aliphatic carbocycles. The monoisotopic (exact) mass is 408 g/mol. The predicted octanol–water partition coefficient (Wildman–Crippen LogP) is 1.59. The summed E-state index contributed by atoms with van der Waals surface area (Å²) in [6, 6.07) is 4.23. The Morgan fingerprint density at radius 3 is 1.69 bits per heavy atom. The first-order chi connectivity index (χ1) is 13.7. The number of aliphatic hydroxyl groups is 3. The van der Waals surface area contributed by atoms with E-state index in [-0.39, 0.29) is 12.2 Å². The maximum absolute atomic E-state index is 10.4. The molecule has 1 rings (SSSR count). The number of rotatable bonds is 12. The van der Waals surface area contributed by atoms with Gasteiger partial charge >= 0.3 is 5.97 Å². The summed E-state index contributed by atoms with van der Waals surface area (Å²) in [6.45, 7) is 10.00. The highest BCUT2D eigenvalue weighted by Crippen LogP contribution is 2.40. The number of nitrogens with two attached hydrogens (primary N) is 2. The van der Waals surface area contributed by atoms with Gasteiger partial charge in [-0.15, -0.1) is 19.7 Å². The molecule has 0 aliphatic rings. The van der Waals surface area contributed by atoms with Crippen molar-refractivity contribution in [2.24, 2.45) is 5.41 Å². The van der Waals surface area contributed by atoms with Crippen molar-refractivity contribution in [3.8, 4) is 0 Å². The minimum absolute atomic E-state index is 0.113. The first kappa shape index (κ1) is 26.4. The number of nitrogen functional groups attached to an aromatic ring is 2. The summed E-state index contributed by atoms with van der Waals surface area (Å²) in [5.41, 5.74) is 9.45. The zero-order chi connectivity index (χ0) is 22.5. The third kappa shape index (κ3) is 7.03. The van der Waals surface area contributed by atoms with E-state index in [1.54, 1.807) is 18.2 Å². The van der Waals surface area contributed by atoms with Crippen molar-refractivity contribution in [1.29, 1.82) is 0 Å². The Hall–Kier alpha value is -2.65. The zero-order valence-corrected chi connectivity index (χ0v) is 16.6. The van der Waals surface area contributed by atoms with E-state index >= 15 is 0 Å². The Balaban J connectivity index is 0.000000604. The lowest BCUT2D eigenvalue weighted by Gasteiger charge is -2.47. The van der Waals surface area contributed by atoms with Crippen LogP contribution in [0.4, 0.5) is 11.4 Å². The number of carboxylic acids is 1. The summed E-state index contributed by atoms with van der Waals surface area (Å²) in [7, 11) is 0. The van der Waals surface area contributed by atoms with Crippen molar-refractivity contribution in [3.05, 3.63) is 61.7 Å². The van der Waals surface area contributed by atoms with E-state index in [1.807, 2.05) is 0 Å². The Kier molecular flexibility index (Phi) is 11.6. The van der Waals surface area contributed by atoms with E-state index in [9.17, 15) is 20.1 Å². The standard InChI is InChI=1S/C14H24O4.C7H8N2O2/c1-4-7-14(8-5-2,18-9-6-3)13(10-15,11-16)12-17;8-5-1-4(7(10)11)2-6(9)3-5/h4-6,15-17H,1-3,7-12H2;1-3H,8-9H2,(H,10,11). The maximum atomic E-state index is 10.4. The minimum atomic E-state index is -1.15. The fourth-order valence-electron chi connectivity index (χ4n) is 2.85. The van der Waals surface area contributed by atoms with Gasteiger partial charge in [-0.3, -0.25) is 0 Å². The molecule has 162 valence electrons. The zero-order valence-electron chi connectivity index (χ0n) is 16.6. The van der Waals surface area contributed by atoms with Gasteiger partial charge in [-0.1, -0.05) is 18.2 Å². The average Bonchev–Trinajstić information content (AvgIpc) is 2.68. The van der Waals surface area contributed by atoms with Crippen molar-refractivity contribution >= 4 is 17.3 Å². The topological polar surface area (TPSA) is 159 Å². The summed E-state index contributed by atoms with van der Waals surface area (Å²) >= 11 is 0. The second kappa shape index (κ2) is 12.7. The second-order valence-corrected chi connectivity index (χ2v) is 6.53. The Morgan fingerprint density at radius 2 is 1.38 bits per heavy atom. The Labute approximate surface area is 171 Å². The van der Waals surface area contributed by atoms with E-state index in [0.29, 0.717) is 24.2 Å². The summed E-state index contributed by atoms with van der Waals surface area (Å²) in [4.78, 5) is 10.4. The molecular weight excluding hydrogens is 376 g/mol. The summed E-state index contributed by atoms with van der Waals surface area (Å²) in [5, 5.41) is 37.2. The number of hydrogen-bond acceptors (Lipinski definition) is 7. The lowest BCUT2D eigenvalue weighted by molar-refractivity contribution is -0.176. The van der Waals surface area contributed by atoms with Gasteiger partial charge < -0.3 is 36.6 Å². The molecule has 8 heteroatoms. The van der Waals surface area contributed by atoms with Crippen LogP contribution in [0.5, 0.6) is 0 Å². The van der Waals surface area contributed by atoms with E-state index in [1.165, 1.54) is 18.2 Å². The van der Waals surface area contributed by atoms with Crippen molar-refractivity contribution in [2.45, 2.75) is 18.4 Å². The molecule has 0 saturated carbocycles. The van der Waals surface area contributed by atoms with Crippen molar-refractivity contribution in [2.75, 3.05) is 37.9 Å². The molecule has 0 fully saturated rings. The molecule has 0 unspecified atom stereocenters. The van der Waals surface area contributed by atoms with Crippen LogP contribution in [-0.2, 0) is 4.74 Å². The Bertz CT molecular complexity index is 647. The van der Waals surface area contributed by atoms with Crippen molar-refractivity contribution in [1.82, 2.24) is 0 Å². The van der Waals surface area contributed by atoms with Crippen molar-refractivity contribution < 1.29 is 30.0 Å². The van der Waals surface area contributed by atoms with Crippen LogP contribution in [0, 0.1) is 5.41 Å². The molecule has 0 saturated heterocycles. The molecule has 0 aliphatic heterocycles. The van der Waals surface area contributed by atoms with Gasteiger partial charge in [-0.2, -0.15) is 0 Å². The number of carbonyl (C=O) groups is 1.